The molecule has 1 saturated heterocycles. The van der Waals surface area contributed by atoms with Crippen LogP contribution in [0.4, 0.5) is 0 Å². The van der Waals surface area contributed by atoms with Crippen molar-refractivity contribution in [2.24, 2.45) is 4.99 Å². The second-order valence-corrected chi connectivity index (χ2v) is 8.01. The minimum atomic E-state index is -2.97. The van der Waals surface area contributed by atoms with Crippen LogP contribution in [0.3, 0.4) is 0 Å². The molecule has 136 valence electrons. The summed E-state index contributed by atoms with van der Waals surface area (Å²) in [6.45, 7) is 6.30. The monoisotopic (exact) mass is 460 g/mol. The number of nitrogens with one attached hydrogen (secondary N) is 2. The van der Waals surface area contributed by atoms with Crippen LogP contribution in [-0.4, -0.2) is 69.4 Å². The summed E-state index contributed by atoms with van der Waals surface area (Å²) in [5, 5.41) is 6.22. The van der Waals surface area contributed by atoms with Crippen LogP contribution in [0.5, 0.6) is 0 Å². The molecule has 0 aromatic heterocycles. The van der Waals surface area contributed by atoms with Crippen molar-refractivity contribution in [1.82, 2.24) is 15.5 Å². The SMILES string of the molecule is CCNC(=NCC(=O)N1CCCC1)NC(C)CCS(C)(=O)=O.I. The van der Waals surface area contributed by atoms with Gasteiger partial charge in [0.25, 0.3) is 0 Å². The molecule has 0 aromatic carbocycles. The van der Waals surface area contributed by atoms with Gasteiger partial charge < -0.3 is 15.5 Å². The molecule has 2 N–H and O–H groups in total. The lowest BCUT2D eigenvalue weighted by molar-refractivity contribution is -0.128. The number of nitrogens with zero attached hydrogens (tertiary/aromatic N) is 2. The summed E-state index contributed by atoms with van der Waals surface area (Å²) in [4.78, 5) is 18.1. The Labute approximate surface area is 156 Å². The van der Waals surface area contributed by atoms with Crippen molar-refractivity contribution in [2.45, 2.75) is 39.2 Å². The maximum Gasteiger partial charge on any atom is 0.244 e. The molecular weight excluding hydrogens is 431 g/mol. The molecule has 23 heavy (non-hydrogen) atoms. The molecule has 1 aliphatic heterocycles. The molecule has 1 fully saturated rings. The number of hydrogen-bond donors (Lipinski definition) is 2. The Kier molecular flexibility index (Phi) is 10.8. The van der Waals surface area contributed by atoms with Crippen molar-refractivity contribution < 1.29 is 13.2 Å². The van der Waals surface area contributed by atoms with Crippen LogP contribution in [0, 0.1) is 0 Å². The maximum absolute atomic E-state index is 12.0. The molecule has 1 atom stereocenters. The third kappa shape index (κ3) is 10.0. The average Bonchev–Trinajstić information content (AvgIpc) is 2.96. The molecule has 7 nitrogen and oxygen atoms in total. The predicted molar refractivity (Wildman–Crippen MR) is 104 cm³/mol. The van der Waals surface area contributed by atoms with Gasteiger partial charge in [-0.05, 0) is 33.1 Å². The van der Waals surface area contributed by atoms with E-state index in [1.54, 1.807) is 0 Å². The van der Waals surface area contributed by atoms with Gasteiger partial charge in [0.2, 0.25) is 5.91 Å². The van der Waals surface area contributed by atoms with E-state index in [1.807, 2.05) is 18.7 Å². The Hall–Kier alpha value is -0.580. The van der Waals surface area contributed by atoms with E-state index in [0.717, 1.165) is 25.9 Å². The Morgan fingerprint density at radius 2 is 1.91 bits per heavy atom. The zero-order chi connectivity index (χ0) is 16.6. The predicted octanol–water partition coefficient (Wildman–Crippen LogP) is 0.605. The van der Waals surface area contributed by atoms with Gasteiger partial charge in [-0.1, -0.05) is 0 Å². The quantitative estimate of drug-likeness (QED) is 0.330. The van der Waals surface area contributed by atoms with E-state index in [0.29, 0.717) is 18.9 Å². The Balaban J connectivity index is 0.00000484. The van der Waals surface area contributed by atoms with Gasteiger partial charge >= 0.3 is 0 Å². The van der Waals surface area contributed by atoms with Gasteiger partial charge in [0.1, 0.15) is 16.4 Å². The number of rotatable bonds is 7. The van der Waals surface area contributed by atoms with Crippen molar-refractivity contribution in [3.63, 3.8) is 0 Å². The summed E-state index contributed by atoms with van der Waals surface area (Å²) in [7, 11) is -2.97. The second-order valence-electron chi connectivity index (χ2n) is 5.75. The molecule has 1 heterocycles. The molecule has 0 bridgehead atoms. The van der Waals surface area contributed by atoms with Crippen LogP contribution in [0.25, 0.3) is 0 Å². The molecule has 1 unspecified atom stereocenters. The van der Waals surface area contributed by atoms with Crippen molar-refractivity contribution in [3.05, 3.63) is 0 Å². The standard InChI is InChI=1S/C14H28N4O3S.HI/c1-4-15-14(17-12(2)7-10-22(3,20)21)16-11-13(19)18-8-5-6-9-18;/h12H,4-11H2,1-3H3,(H2,15,16,17);1H. The van der Waals surface area contributed by atoms with E-state index in [9.17, 15) is 13.2 Å². The Morgan fingerprint density at radius 3 is 2.43 bits per heavy atom. The van der Waals surface area contributed by atoms with E-state index in [1.165, 1.54) is 6.26 Å². The van der Waals surface area contributed by atoms with Gasteiger partial charge in [-0.2, -0.15) is 0 Å². The van der Waals surface area contributed by atoms with Gasteiger partial charge in [0.05, 0.1) is 5.75 Å². The topological polar surface area (TPSA) is 90.9 Å². The molecule has 0 spiro atoms. The van der Waals surface area contributed by atoms with Gasteiger partial charge in [-0.3, -0.25) is 4.79 Å². The molecule has 1 rings (SSSR count). The highest BCUT2D eigenvalue weighted by atomic mass is 127. The van der Waals surface area contributed by atoms with E-state index in [-0.39, 0.29) is 48.2 Å². The van der Waals surface area contributed by atoms with Crippen LogP contribution in [0.15, 0.2) is 4.99 Å². The van der Waals surface area contributed by atoms with Crippen LogP contribution in [0.1, 0.15) is 33.1 Å². The van der Waals surface area contributed by atoms with E-state index >= 15 is 0 Å². The second kappa shape index (κ2) is 11.1. The highest BCUT2D eigenvalue weighted by molar-refractivity contribution is 14.0. The summed E-state index contributed by atoms with van der Waals surface area (Å²) in [5.41, 5.74) is 0. The number of halogens is 1. The zero-order valence-corrected chi connectivity index (χ0v) is 17.3. The first-order valence-corrected chi connectivity index (χ1v) is 9.88. The molecule has 0 aromatic rings. The van der Waals surface area contributed by atoms with Crippen molar-refractivity contribution in [2.75, 3.05) is 38.2 Å². The largest absolute Gasteiger partial charge is 0.357 e. The lowest BCUT2D eigenvalue weighted by Crippen LogP contribution is -2.43. The average molecular weight is 460 g/mol. The van der Waals surface area contributed by atoms with E-state index < -0.39 is 9.84 Å². The summed E-state index contributed by atoms with van der Waals surface area (Å²) < 4.78 is 22.4. The van der Waals surface area contributed by atoms with Gasteiger partial charge in [-0.25, -0.2) is 13.4 Å². The number of carbonyl (C=O) groups is 1. The maximum atomic E-state index is 12.0. The fraction of sp³-hybridized carbons (Fsp3) is 0.857. The molecule has 9 heteroatoms. The minimum Gasteiger partial charge on any atom is -0.357 e. The number of aliphatic imine (C=N–C) groups is 1. The Morgan fingerprint density at radius 1 is 1.30 bits per heavy atom. The number of hydrogen-bond acceptors (Lipinski definition) is 4. The summed E-state index contributed by atoms with van der Waals surface area (Å²) >= 11 is 0. The van der Waals surface area contributed by atoms with Crippen molar-refractivity contribution in [1.29, 1.82) is 0 Å². The summed E-state index contributed by atoms with van der Waals surface area (Å²) in [6.07, 6.45) is 3.86. The zero-order valence-electron chi connectivity index (χ0n) is 14.2. The normalized spacial score (nSPS) is 16.7. The van der Waals surface area contributed by atoms with Gasteiger partial charge in [0, 0.05) is 31.9 Å². The first-order valence-electron chi connectivity index (χ1n) is 7.82. The fourth-order valence-electron chi connectivity index (χ4n) is 2.23. The Bertz CT molecular complexity index is 490. The van der Waals surface area contributed by atoms with E-state index in [4.69, 9.17) is 0 Å². The van der Waals surface area contributed by atoms with Crippen molar-refractivity contribution >= 4 is 45.7 Å². The van der Waals surface area contributed by atoms with Crippen molar-refractivity contribution in [3.8, 4) is 0 Å². The van der Waals surface area contributed by atoms with Gasteiger partial charge in [0.15, 0.2) is 5.96 Å². The van der Waals surface area contributed by atoms with Gasteiger partial charge in [-0.15, -0.1) is 24.0 Å². The summed E-state index contributed by atoms with van der Waals surface area (Å²) in [5.74, 6) is 0.724. The minimum absolute atomic E-state index is 0. The molecule has 0 radical (unpaired) electrons. The molecule has 0 aliphatic carbocycles. The molecule has 0 saturated carbocycles. The first kappa shape index (κ1) is 22.4. The first-order chi connectivity index (χ1) is 10.3. The number of carbonyl (C=O) groups excluding carboxylic acids is 1. The fourth-order valence-corrected chi connectivity index (χ4v) is 3.01. The third-order valence-corrected chi connectivity index (χ3v) is 4.46. The molecule has 1 amide bonds. The lowest BCUT2D eigenvalue weighted by atomic mass is 10.3. The summed E-state index contributed by atoms with van der Waals surface area (Å²) in [6, 6.07) is -0.0330. The molecule has 1 aliphatic rings. The number of guanidine groups is 1. The van der Waals surface area contributed by atoms with E-state index in [2.05, 4.69) is 15.6 Å². The smallest absolute Gasteiger partial charge is 0.244 e. The number of likely N-dealkylation sites (tertiary alicyclic amines) is 1. The van der Waals surface area contributed by atoms with Crippen LogP contribution < -0.4 is 10.6 Å². The lowest BCUT2D eigenvalue weighted by Gasteiger charge is -2.18. The number of amides is 1. The highest BCUT2D eigenvalue weighted by Crippen LogP contribution is 2.07. The van der Waals surface area contributed by atoms with Crippen LogP contribution >= 0.6 is 24.0 Å². The van der Waals surface area contributed by atoms with Crippen LogP contribution in [-0.2, 0) is 14.6 Å². The highest BCUT2D eigenvalue weighted by Gasteiger charge is 2.17. The van der Waals surface area contributed by atoms with Crippen LogP contribution in [0.2, 0.25) is 0 Å². The number of sulfone groups is 1. The third-order valence-electron chi connectivity index (χ3n) is 3.48. The molecular formula is C14H29IN4O3S.